The van der Waals surface area contributed by atoms with E-state index in [9.17, 15) is 9.90 Å². The topological polar surface area (TPSA) is 42.2 Å². The van der Waals surface area contributed by atoms with E-state index < -0.39 is 5.97 Å². The SMILES string of the molecule is CCn1c(C)c(C(C)C)c2cc(C(C)(C)C)cc(C(=O)O)c21. The van der Waals surface area contributed by atoms with Gasteiger partial charge in [0.05, 0.1) is 11.1 Å². The van der Waals surface area contributed by atoms with Gasteiger partial charge >= 0.3 is 5.97 Å². The second-order valence-corrected chi connectivity index (χ2v) is 7.37. The van der Waals surface area contributed by atoms with Crippen LogP contribution >= 0.6 is 0 Å². The van der Waals surface area contributed by atoms with Crippen LogP contribution in [0.3, 0.4) is 0 Å². The number of carboxylic acids is 1. The van der Waals surface area contributed by atoms with E-state index in [0.717, 1.165) is 23.0 Å². The highest BCUT2D eigenvalue weighted by Crippen LogP contribution is 2.37. The van der Waals surface area contributed by atoms with Crippen LogP contribution in [0, 0.1) is 6.92 Å². The molecule has 0 aliphatic heterocycles. The maximum Gasteiger partial charge on any atom is 0.337 e. The quantitative estimate of drug-likeness (QED) is 0.858. The van der Waals surface area contributed by atoms with Crippen molar-refractivity contribution in [3.8, 4) is 0 Å². The van der Waals surface area contributed by atoms with Crippen LogP contribution in [0.25, 0.3) is 10.9 Å². The maximum atomic E-state index is 11.8. The van der Waals surface area contributed by atoms with Crippen molar-refractivity contribution in [2.45, 2.75) is 66.3 Å². The molecule has 0 atom stereocenters. The molecule has 0 spiro atoms. The minimum atomic E-state index is -0.849. The van der Waals surface area contributed by atoms with Crippen molar-refractivity contribution in [2.75, 3.05) is 0 Å². The highest BCUT2D eigenvalue weighted by Gasteiger charge is 2.24. The third-order valence-corrected chi connectivity index (χ3v) is 4.45. The molecular formula is C19H27NO2. The summed E-state index contributed by atoms with van der Waals surface area (Å²) in [6.07, 6.45) is 0. The molecule has 3 nitrogen and oxygen atoms in total. The Morgan fingerprint density at radius 3 is 2.27 bits per heavy atom. The summed E-state index contributed by atoms with van der Waals surface area (Å²) >= 11 is 0. The van der Waals surface area contributed by atoms with Crippen LogP contribution in [-0.4, -0.2) is 15.6 Å². The van der Waals surface area contributed by atoms with E-state index in [1.165, 1.54) is 11.3 Å². The van der Waals surface area contributed by atoms with Gasteiger partial charge in [-0.3, -0.25) is 0 Å². The van der Waals surface area contributed by atoms with Crippen LogP contribution in [0.5, 0.6) is 0 Å². The predicted molar refractivity (Wildman–Crippen MR) is 92.1 cm³/mol. The third-order valence-electron chi connectivity index (χ3n) is 4.45. The number of nitrogens with zero attached hydrogens (tertiary/aromatic N) is 1. The standard InChI is InChI=1S/C19H27NO2/c1-8-20-12(4)16(11(2)3)14-9-13(19(5,6)7)10-15(17(14)20)18(21)22/h9-11H,8H2,1-7H3,(H,21,22). The molecule has 2 aromatic rings. The van der Waals surface area contributed by atoms with E-state index in [-0.39, 0.29) is 5.41 Å². The Kier molecular flexibility index (Phi) is 4.12. The number of benzene rings is 1. The Bertz CT molecular complexity index is 730. The van der Waals surface area contributed by atoms with E-state index in [2.05, 4.69) is 59.1 Å². The zero-order valence-corrected chi connectivity index (χ0v) is 14.7. The van der Waals surface area contributed by atoms with Crippen LogP contribution in [0.1, 0.15) is 74.6 Å². The van der Waals surface area contributed by atoms with Crippen LogP contribution < -0.4 is 0 Å². The molecule has 0 bridgehead atoms. The summed E-state index contributed by atoms with van der Waals surface area (Å²) in [6.45, 7) is 15.7. The van der Waals surface area contributed by atoms with Crippen molar-refractivity contribution in [3.05, 3.63) is 34.5 Å². The Balaban J connectivity index is 3.03. The lowest BCUT2D eigenvalue weighted by atomic mass is 9.84. The Labute approximate surface area is 133 Å². The van der Waals surface area contributed by atoms with Crippen molar-refractivity contribution < 1.29 is 9.90 Å². The molecule has 0 amide bonds. The summed E-state index contributed by atoms with van der Waals surface area (Å²) in [5.74, 6) is -0.481. The predicted octanol–water partition coefficient (Wildman–Crippen LogP) is 5.09. The molecule has 1 aromatic heterocycles. The van der Waals surface area contributed by atoms with Crippen LogP contribution in [0.15, 0.2) is 12.1 Å². The Morgan fingerprint density at radius 2 is 1.86 bits per heavy atom. The minimum Gasteiger partial charge on any atom is -0.478 e. The fourth-order valence-corrected chi connectivity index (χ4v) is 3.36. The lowest BCUT2D eigenvalue weighted by Crippen LogP contribution is -2.13. The fourth-order valence-electron chi connectivity index (χ4n) is 3.36. The second-order valence-electron chi connectivity index (χ2n) is 7.37. The van der Waals surface area contributed by atoms with Gasteiger partial charge in [-0.2, -0.15) is 0 Å². The van der Waals surface area contributed by atoms with Gasteiger partial charge in [0.15, 0.2) is 0 Å². The van der Waals surface area contributed by atoms with Crippen LogP contribution in [-0.2, 0) is 12.0 Å². The average Bonchev–Trinajstić information content (AvgIpc) is 2.67. The summed E-state index contributed by atoms with van der Waals surface area (Å²) in [6, 6.07) is 4.04. The number of aromatic carboxylic acids is 1. The second kappa shape index (κ2) is 5.45. The Hall–Kier alpha value is -1.77. The summed E-state index contributed by atoms with van der Waals surface area (Å²) in [5, 5.41) is 10.8. The first-order valence-electron chi connectivity index (χ1n) is 8.00. The zero-order valence-electron chi connectivity index (χ0n) is 14.7. The molecule has 1 heterocycles. The lowest BCUT2D eigenvalue weighted by molar-refractivity contribution is 0.0698. The third kappa shape index (κ3) is 2.53. The van der Waals surface area contributed by atoms with Crippen molar-refractivity contribution in [1.29, 1.82) is 0 Å². The minimum absolute atomic E-state index is 0.0745. The Morgan fingerprint density at radius 1 is 1.27 bits per heavy atom. The van der Waals surface area contributed by atoms with Gasteiger partial charge in [-0.15, -0.1) is 0 Å². The lowest BCUT2D eigenvalue weighted by Gasteiger charge is -2.20. The molecule has 0 radical (unpaired) electrons. The summed E-state index contributed by atoms with van der Waals surface area (Å²) in [4.78, 5) is 11.8. The number of aryl methyl sites for hydroxylation is 1. The number of hydrogen-bond acceptors (Lipinski definition) is 1. The largest absolute Gasteiger partial charge is 0.478 e. The maximum absolute atomic E-state index is 11.8. The van der Waals surface area contributed by atoms with Crippen molar-refractivity contribution in [3.63, 3.8) is 0 Å². The highest BCUT2D eigenvalue weighted by molar-refractivity contribution is 6.04. The van der Waals surface area contributed by atoms with Gasteiger partial charge in [0.25, 0.3) is 0 Å². The van der Waals surface area contributed by atoms with Crippen LogP contribution in [0.2, 0.25) is 0 Å². The molecule has 0 fully saturated rings. The molecule has 0 aliphatic carbocycles. The number of hydrogen-bond donors (Lipinski definition) is 1. The molecule has 22 heavy (non-hydrogen) atoms. The van der Waals surface area contributed by atoms with Crippen molar-refractivity contribution >= 4 is 16.9 Å². The average molecular weight is 301 g/mol. The molecule has 2 rings (SSSR count). The molecule has 3 heteroatoms. The zero-order chi connectivity index (χ0) is 16.8. The van der Waals surface area contributed by atoms with Gasteiger partial charge in [-0.1, -0.05) is 34.6 Å². The molecule has 1 N–H and O–H groups in total. The summed E-state index contributed by atoms with van der Waals surface area (Å²) in [7, 11) is 0. The number of fused-ring (bicyclic) bond motifs is 1. The molecule has 0 unspecified atom stereocenters. The first kappa shape index (κ1) is 16.6. The van der Waals surface area contributed by atoms with E-state index in [0.29, 0.717) is 11.5 Å². The van der Waals surface area contributed by atoms with Gasteiger partial charge in [-0.25, -0.2) is 4.79 Å². The number of aromatic nitrogens is 1. The van der Waals surface area contributed by atoms with Gasteiger partial charge < -0.3 is 9.67 Å². The summed E-state index contributed by atoms with van der Waals surface area (Å²) < 4.78 is 2.14. The molecular weight excluding hydrogens is 274 g/mol. The van der Waals surface area contributed by atoms with E-state index >= 15 is 0 Å². The number of carbonyl (C=O) groups is 1. The van der Waals surface area contributed by atoms with Gasteiger partial charge in [0.2, 0.25) is 0 Å². The highest BCUT2D eigenvalue weighted by atomic mass is 16.4. The van der Waals surface area contributed by atoms with Gasteiger partial charge in [0.1, 0.15) is 0 Å². The molecule has 0 aliphatic rings. The molecule has 120 valence electrons. The van der Waals surface area contributed by atoms with Crippen LogP contribution in [0.4, 0.5) is 0 Å². The molecule has 1 aromatic carbocycles. The first-order valence-corrected chi connectivity index (χ1v) is 8.00. The molecule has 0 saturated carbocycles. The number of carboxylic acid groups (broad SMARTS) is 1. The number of rotatable bonds is 3. The van der Waals surface area contributed by atoms with Gasteiger partial charge in [0, 0.05) is 17.6 Å². The molecule has 0 saturated heterocycles. The first-order chi connectivity index (χ1) is 10.1. The fraction of sp³-hybridized carbons (Fsp3) is 0.526. The smallest absolute Gasteiger partial charge is 0.337 e. The van der Waals surface area contributed by atoms with E-state index in [1.54, 1.807) is 0 Å². The monoisotopic (exact) mass is 301 g/mol. The van der Waals surface area contributed by atoms with Gasteiger partial charge in [-0.05, 0) is 48.4 Å². The van der Waals surface area contributed by atoms with E-state index in [4.69, 9.17) is 0 Å². The normalized spacial score (nSPS) is 12.4. The van der Waals surface area contributed by atoms with E-state index in [1.807, 2.05) is 6.07 Å². The summed E-state index contributed by atoms with van der Waals surface area (Å²) in [5.41, 5.74) is 4.73. The van der Waals surface area contributed by atoms with Crippen molar-refractivity contribution in [2.24, 2.45) is 0 Å². The van der Waals surface area contributed by atoms with Crippen molar-refractivity contribution in [1.82, 2.24) is 4.57 Å².